The predicted octanol–water partition coefficient (Wildman–Crippen LogP) is 8.08. The lowest BCUT2D eigenvalue weighted by Crippen LogP contribution is -2.42. The molecule has 5 rings (SSSR count). The van der Waals surface area contributed by atoms with Crippen LogP contribution in [0, 0.1) is 17.5 Å². The number of carbonyl (C=O) groups excluding carboxylic acids is 2. The Morgan fingerprint density at radius 1 is 0.907 bits per heavy atom. The number of likely N-dealkylation sites (tertiary alicyclic amines) is 1. The SMILES string of the molecule is CC(C)(C)OC(=O)NCc1cc2cc(-c3ccc(C(=O)N4CCC(F)(F)CC4)cc3F)cc(-c3ccc(F)cc3F)c2o1. The van der Waals surface area contributed by atoms with Crippen molar-refractivity contribution >= 4 is 23.0 Å². The van der Waals surface area contributed by atoms with Crippen molar-refractivity contribution in [2.75, 3.05) is 13.1 Å². The molecule has 4 aromatic rings. The number of hydrogen-bond acceptors (Lipinski definition) is 4. The van der Waals surface area contributed by atoms with E-state index >= 15 is 4.39 Å². The van der Waals surface area contributed by atoms with Crippen molar-refractivity contribution in [1.82, 2.24) is 10.2 Å². The lowest BCUT2D eigenvalue weighted by atomic mass is 9.95. The van der Waals surface area contributed by atoms with Crippen molar-refractivity contribution in [2.24, 2.45) is 0 Å². The van der Waals surface area contributed by atoms with Crippen LogP contribution >= 0.6 is 0 Å². The molecule has 0 atom stereocenters. The number of hydrogen-bond donors (Lipinski definition) is 1. The van der Waals surface area contributed by atoms with E-state index in [4.69, 9.17) is 9.15 Å². The van der Waals surface area contributed by atoms with E-state index in [2.05, 4.69) is 5.32 Å². The van der Waals surface area contributed by atoms with Gasteiger partial charge in [-0.05, 0) is 68.8 Å². The second-order valence-electron chi connectivity index (χ2n) is 11.5. The highest BCUT2D eigenvalue weighted by Gasteiger charge is 2.36. The average molecular weight is 601 g/mol. The van der Waals surface area contributed by atoms with Gasteiger partial charge in [0.25, 0.3) is 11.8 Å². The third-order valence-corrected chi connectivity index (χ3v) is 7.00. The maximum atomic E-state index is 15.5. The first-order valence-corrected chi connectivity index (χ1v) is 13.6. The number of piperidine rings is 1. The molecule has 1 fully saturated rings. The summed E-state index contributed by atoms with van der Waals surface area (Å²) in [5, 5.41) is 3.03. The Balaban J connectivity index is 1.50. The number of ether oxygens (including phenoxy) is 1. The largest absolute Gasteiger partial charge is 0.459 e. The zero-order valence-corrected chi connectivity index (χ0v) is 23.7. The summed E-state index contributed by atoms with van der Waals surface area (Å²) in [4.78, 5) is 26.3. The Morgan fingerprint density at radius 3 is 2.23 bits per heavy atom. The van der Waals surface area contributed by atoms with E-state index in [1.54, 1.807) is 32.9 Å². The quantitative estimate of drug-likeness (QED) is 0.235. The molecule has 6 nitrogen and oxygen atoms in total. The molecule has 43 heavy (non-hydrogen) atoms. The number of alkyl halides is 2. The van der Waals surface area contributed by atoms with E-state index in [-0.39, 0.29) is 47.5 Å². The summed E-state index contributed by atoms with van der Waals surface area (Å²) in [6.45, 7) is 4.83. The van der Waals surface area contributed by atoms with E-state index in [1.807, 2.05) is 0 Å². The molecule has 3 aromatic carbocycles. The molecule has 1 aromatic heterocycles. The zero-order valence-electron chi connectivity index (χ0n) is 23.7. The molecule has 2 amide bonds. The van der Waals surface area contributed by atoms with E-state index in [9.17, 15) is 27.2 Å². The Kier molecular flexibility index (Phi) is 7.93. The van der Waals surface area contributed by atoms with E-state index < -0.39 is 53.8 Å². The van der Waals surface area contributed by atoms with Gasteiger partial charge in [0.05, 0.1) is 6.54 Å². The molecule has 1 N–H and O–H groups in total. The minimum absolute atomic E-state index is 0.00311. The summed E-state index contributed by atoms with van der Waals surface area (Å²) < 4.78 is 82.4. The van der Waals surface area contributed by atoms with Gasteiger partial charge in [-0.15, -0.1) is 0 Å². The van der Waals surface area contributed by atoms with Crippen molar-refractivity contribution in [2.45, 2.75) is 51.7 Å². The lowest BCUT2D eigenvalue weighted by molar-refractivity contribution is -0.0494. The number of halogens is 5. The van der Waals surface area contributed by atoms with Crippen molar-refractivity contribution in [3.05, 3.63) is 83.4 Å². The molecule has 2 heterocycles. The number of rotatable bonds is 5. The average Bonchev–Trinajstić information content (AvgIpc) is 3.33. The second kappa shape index (κ2) is 11.3. The number of alkyl carbamates (subject to hydrolysis) is 1. The lowest BCUT2D eigenvalue weighted by Gasteiger charge is -2.31. The Bertz CT molecular complexity index is 1700. The summed E-state index contributed by atoms with van der Waals surface area (Å²) in [6, 6.07) is 11.6. The molecule has 0 saturated carbocycles. The number of benzene rings is 3. The fourth-order valence-corrected chi connectivity index (χ4v) is 4.93. The summed E-state index contributed by atoms with van der Waals surface area (Å²) in [6.07, 6.45) is -1.59. The maximum Gasteiger partial charge on any atom is 0.408 e. The van der Waals surface area contributed by atoms with Crippen molar-refractivity contribution in [1.29, 1.82) is 0 Å². The van der Waals surface area contributed by atoms with E-state index in [1.165, 1.54) is 29.2 Å². The third kappa shape index (κ3) is 6.81. The van der Waals surface area contributed by atoms with Gasteiger partial charge >= 0.3 is 6.09 Å². The predicted molar refractivity (Wildman–Crippen MR) is 150 cm³/mol. The van der Waals surface area contributed by atoms with Crippen LogP contribution in [0.25, 0.3) is 33.2 Å². The number of fused-ring (bicyclic) bond motifs is 1. The normalized spacial score (nSPS) is 15.0. The van der Waals surface area contributed by atoms with Gasteiger partial charge in [0.1, 0.15) is 34.4 Å². The highest BCUT2D eigenvalue weighted by molar-refractivity contribution is 5.98. The maximum absolute atomic E-state index is 15.5. The van der Waals surface area contributed by atoms with Crippen LogP contribution in [0.1, 0.15) is 49.7 Å². The molecular weight excluding hydrogens is 571 g/mol. The number of furan rings is 1. The second-order valence-corrected chi connectivity index (χ2v) is 11.5. The minimum Gasteiger partial charge on any atom is -0.459 e. The Morgan fingerprint density at radius 2 is 1.58 bits per heavy atom. The van der Waals surface area contributed by atoms with Gasteiger partial charge < -0.3 is 19.4 Å². The molecule has 11 heteroatoms. The minimum atomic E-state index is -2.83. The van der Waals surface area contributed by atoms with Gasteiger partial charge in [-0.2, -0.15) is 0 Å². The first kappa shape index (κ1) is 30.1. The number of nitrogens with zero attached hydrogens (tertiary/aromatic N) is 1. The van der Waals surface area contributed by atoms with Crippen LogP contribution in [0.2, 0.25) is 0 Å². The third-order valence-electron chi connectivity index (χ3n) is 7.00. The van der Waals surface area contributed by atoms with Crippen LogP contribution in [0.5, 0.6) is 0 Å². The zero-order chi connectivity index (χ0) is 31.1. The molecule has 1 aliphatic rings. The molecule has 1 aliphatic heterocycles. The van der Waals surface area contributed by atoms with Crippen LogP contribution in [0.4, 0.5) is 26.7 Å². The van der Waals surface area contributed by atoms with Crippen LogP contribution < -0.4 is 5.32 Å². The summed E-state index contributed by atoms with van der Waals surface area (Å²) in [5.74, 6) is -5.48. The van der Waals surface area contributed by atoms with Crippen molar-refractivity contribution < 1.29 is 40.7 Å². The first-order chi connectivity index (χ1) is 20.2. The van der Waals surface area contributed by atoms with Crippen LogP contribution in [0.3, 0.4) is 0 Å². The molecule has 0 aliphatic carbocycles. The highest BCUT2D eigenvalue weighted by atomic mass is 19.3. The molecule has 0 unspecified atom stereocenters. The van der Waals surface area contributed by atoms with E-state index in [0.717, 1.165) is 18.2 Å². The monoisotopic (exact) mass is 600 g/mol. The summed E-state index contributed by atoms with van der Waals surface area (Å²) in [5.41, 5.74) is 0.133. The first-order valence-electron chi connectivity index (χ1n) is 13.6. The molecular formula is C32H29F5N2O4. The van der Waals surface area contributed by atoms with Crippen LogP contribution in [-0.2, 0) is 11.3 Å². The molecule has 0 spiro atoms. The number of carbonyl (C=O) groups is 2. The van der Waals surface area contributed by atoms with Crippen LogP contribution in [-0.4, -0.2) is 41.5 Å². The Labute approximate surface area is 244 Å². The molecule has 0 radical (unpaired) electrons. The van der Waals surface area contributed by atoms with Gasteiger partial charge in [-0.1, -0.05) is 6.07 Å². The number of nitrogens with one attached hydrogen (secondary N) is 1. The molecule has 0 bridgehead atoms. The smallest absolute Gasteiger partial charge is 0.408 e. The van der Waals surface area contributed by atoms with Gasteiger partial charge in [-0.3, -0.25) is 4.79 Å². The molecule has 226 valence electrons. The summed E-state index contributed by atoms with van der Waals surface area (Å²) in [7, 11) is 0. The fraction of sp³-hybridized carbons (Fsp3) is 0.312. The highest BCUT2D eigenvalue weighted by Crippen LogP contribution is 2.38. The van der Waals surface area contributed by atoms with E-state index in [0.29, 0.717) is 16.7 Å². The topological polar surface area (TPSA) is 71.8 Å². The van der Waals surface area contributed by atoms with Crippen LogP contribution in [0.15, 0.2) is 59.0 Å². The fourth-order valence-electron chi connectivity index (χ4n) is 4.93. The van der Waals surface area contributed by atoms with Crippen molar-refractivity contribution in [3.63, 3.8) is 0 Å². The van der Waals surface area contributed by atoms with Gasteiger partial charge in [0.2, 0.25) is 0 Å². The standard InChI is InChI=1S/C32H29F5N2O4/c1-31(2,3)43-30(41)38-17-22-13-20-12-19(14-25(28(20)42-22)24-7-5-21(33)16-27(24)35)23-6-4-18(15-26(23)34)29(40)39-10-8-32(36,37)9-11-39/h4-7,12-16H,8-11,17H2,1-3H3,(H,38,41). The number of amides is 2. The van der Waals surface area contributed by atoms with Gasteiger partial charge in [0.15, 0.2) is 0 Å². The van der Waals surface area contributed by atoms with Gasteiger partial charge in [0, 0.05) is 59.6 Å². The summed E-state index contributed by atoms with van der Waals surface area (Å²) >= 11 is 0. The van der Waals surface area contributed by atoms with Gasteiger partial charge in [-0.25, -0.2) is 26.7 Å². The molecule has 1 saturated heterocycles. The Hall–Kier alpha value is -4.41. The van der Waals surface area contributed by atoms with Crippen molar-refractivity contribution in [3.8, 4) is 22.3 Å².